The summed E-state index contributed by atoms with van der Waals surface area (Å²) in [6.45, 7) is 0. The molecule has 3 N–H and O–H groups in total. The molecule has 1 unspecified atom stereocenters. The molecule has 11 heteroatoms. The van der Waals surface area contributed by atoms with Crippen LogP contribution in [0.3, 0.4) is 0 Å². The Morgan fingerprint density at radius 3 is 2.52 bits per heavy atom. The molecule has 1 amide bonds. The van der Waals surface area contributed by atoms with E-state index in [0.717, 1.165) is 22.1 Å². The third-order valence-corrected chi connectivity index (χ3v) is 6.21. The van der Waals surface area contributed by atoms with E-state index in [2.05, 4.69) is 15.7 Å². The highest BCUT2D eigenvalue weighted by molar-refractivity contribution is 7.16. The van der Waals surface area contributed by atoms with E-state index in [0.29, 0.717) is 20.3 Å². The first-order chi connectivity index (χ1) is 15.8. The summed E-state index contributed by atoms with van der Waals surface area (Å²) in [7, 11) is 1.57. The number of aliphatic carboxylic acids is 1. The first kappa shape index (κ1) is 22.4. The standard InChI is InChI=1S/C22H16ClFN4O4S/c1-25-16-8-12-10-26-28(21(30)14(12)9-15(16)24)13-4-2-11(3-5-13)20(29)27-19(22(31)32)17-6-7-18(23)33-17/h2-10,19,25H,1H3,(H,27,29)(H,31,32). The summed E-state index contributed by atoms with van der Waals surface area (Å²) in [5.74, 6) is -2.40. The average molecular weight is 487 g/mol. The maximum absolute atomic E-state index is 14.1. The molecule has 0 radical (unpaired) electrons. The van der Waals surface area contributed by atoms with Gasteiger partial charge in [0.1, 0.15) is 5.82 Å². The Labute approximate surface area is 195 Å². The van der Waals surface area contributed by atoms with Gasteiger partial charge >= 0.3 is 5.97 Å². The van der Waals surface area contributed by atoms with Gasteiger partial charge in [-0.1, -0.05) is 11.6 Å². The van der Waals surface area contributed by atoms with Crippen molar-refractivity contribution < 1.29 is 19.1 Å². The number of hydrogen-bond donors (Lipinski definition) is 3. The summed E-state index contributed by atoms with van der Waals surface area (Å²) in [6, 6.07) is 10.3. The van der Waals surface area contributed by atoms with E-state index in [1.54, 1.807) is 13.1 Å². The summed E-state index contributed by atoms with van der Waals surface area (Å²) < 4.78 is 15.6. The molecule has 0 saturated carbocycles. The zero-order valence-corrected chi connectivity index (χ0v) is 18.6. The number of carbonyl (C=O) groups excluding carboxylic acids is 1. The minimum Gasteiger partial charge on any atom is -0.479 e. The molecule has 1 atom stereocenters. The van der Waals surface area contributed by atoms with Crippen LogP contribution in [0.25, 0.3) is 16.5 Å². The first-order valence-corrected chi connectivity index (χ1v) is 10.8. The normalized spacial score (nSPS) is 11.8. The lowest BCUT2D eigenvalue weighted by atomic mass is 10.1. The number of benzene rings is 2. The number of nitrogens with zero attached hydrogens (tertiary/aromatic N) is 2. The van der Waals surface area contributed by atoms with Crippen LogP contribution in [0.4, 0.5) is 10.1 Å². The predicted octanol–water partition coefficient (Wildman–Crippen LogP) is 3.84. The highest BCUT2D eigenvalue weighted by atomic mass is 35.5. The number of fused-ring (bicyclic) bond motifs is 1. The second-order valence-electron chi connectivity index (χ2n) is 6.96. The summed E-state index contributed by atoms with van der Waals surface area (Å²) >= 11 is 6.93. The van der Waals surface area contributed by atoms with Crippen molar-refractivity contribution in [3.8, 4) is 5.69 Å². The third-order valence-electron chi connectivity index (χ3n) is 4.92. The Bertz CT molecular complexity index is 1430. The number of rotatable bonds is 6. The largest absolute Gasteiger partial charge is 0.479 e. The van der Waals surface area contributed by atoms with Crippen LogP contribution in [0.15, 0.2) is 59.5 Å². The van der Waals surface area contributed by atoms with E-state index in [9.17, 15) is 23.9 Å². The van der Waals surface area contributed by atoms with Crippen LogP contribution in [0.2, 0.25) is 4.34 Å². The van der Waals surface area contributed by atoms with E-state index in [-0.39, 0.29) is 16.6 Å². The van der Waals surface area contributed by atoms with Crippen molar-refractivity contribution in [3.05, 3.63) is 85.7 Å². The fraction of sp³-hybridized carbons (Fsp3) is 0.0909. The molecule has 8 nitrogen and oxygen atoms in total. The Morgan fingerprint density at radius 1 is 1.18 bits per heavy atom. The molecular weight excluding hydrogens is 471 g/mol. The van der Waals surface area contributed by atoms with Gasteiger partial charge < -0.3 is 15.7 Å². The number of carbonyl (C=O) groups is 2. The van der Waals surface area contributed by atoms with Crippen molar-refractivity contribution in [2.75, 3.05) is 12.4 Å². The zero-order chi connectivity index (χ0) is 23.7. The predicted molar refractivity (Wildman–Crippen MR) is 124 cm³/mol. The third kappa shape index (κ3) is 4.43. The Kier molecular flexibility index (Phi) is 6.12. The van der Waals surface area contributed by atoms with Crippen molar-refractivity contribution in [2.45, 2.75) is 6.04 Å². The number of carboxylic acids is 1. The molecule has 33 heavy (non-hydrogen) atoms. The lowest BCUT2D eigenvalue weighted by Crippen LogP contribution is -2.33. The van der Waals surface area contributed by atoms with Crippen LogP contribution >= 0.6 is 22.9 Å². The number of aromatic nitrogens is 2. The molecule has 2 aromatic carbocycles. The highest BCUT2D eigenvalue weighted by Crippen LogP contribution is 2.27. The zero-order valence-electron chi connectivity index (χ0n) is 17.0. The number of amides is 1. The van der Waals surface area contributed by atoms with Gasteiger partial charge in [0, 0.05) is 22.9 Å². The summed E-state index contributed by atoms with van der Waals surface area (Å²) in [5, 5.41) is 19.4. The molecule has 0 saturated heterocycles. The van der Waals surface area contributed by atoms with E-state index in [4.69, 9.17) is 11.6 Å². The molecule has 0 aliphatic carbocycles. The van der Waals surface area contributed by atoms with Gasteiger partial charge in [-0.2, -0.15) is 9.78 Å². The molecule has 0 aliphatic heterocycles. The molecule has 0 spiro atoms. The van der Waals surface area contributed by atoms with E-state index in [1.165, 1.54) is 42.6 Å². The smallest absolute Gasteiger partial charge is 0.331 e. The van der Waals surface area contributed by atoms with Crippen molar-refractivity contribution >= 4 is 51.3 Å². The van der Waals surface area contributed by atoms with Gasteiger partial charge in [0.25, 0.3) is 11.5 Å². The van der Waals surface area contributed by atoms with Gasteiger partial charge in [0.2, 0.25) is 0 Å². The molecule has 168 valence electrons. The molecule has 2 aromatic heterocycles. The van der Waals surface area contributed by atoms with Gasteiger partial charge in [-0.15, -0.1) is 11.3 Å². The summed E-state index contributed by atoms with van der Waals surface area (Å²) in [5.41, 5.74) is 0.274. The molecule has 0 bridgehead atoms. The first-order valence-electron chi connectivity index (χ1n) is 9.57. The monoisotopic (exact) mass is 486 g/mol. The number of nitrogens with one attached hydrogen (secondary N) is 2. The molecule has 4 rings (SSSR count). The fourth-order valence-electron chi connectivity index (χ4n) is 3.25. The van der Waals surface area contributed by atoms with Crippen molar-refractivity contribution in [3.63, 3.8) is 0 Å². The van der Waals surface area contributed by atoms with Crippen LogP contribution < -0.4 is 16.2 Å². The number of halogens is 2. The maximum atomic E-state index is 14.1. The van der Waals surface area contributed by atoms with E-state index in [1.807, 2.05) is 0 Å². The second-order valence-corrected chi connectivity index (χ2v) is 8.71. The Hall–Kier alpha value is -3.76. The molecule has 0 fully saturated rings. The van der Waals surface area contributed by atoms with Crippen molar-refractivity contribution in [1.29, 1.82) is 0 Å². The topological polar surface area (TPSA) is 113 Å². The van der Waals surface area contributed by atoms with E-state index < -0.39 is 29.3 Å². The van der Waals surface area contributed by atoms with Crippen LogP contribution in [-0.2, 0) is 4.79 Å². The van der Waals surface area contributed by atoms with Crippen LogP contribution in [-0.4, -0.2) is 33.8 Å². The number of anilines is 1. The number of thiophene rings is 1. The van der Waals surface area contributed by atoms with Gasteiger partial charge in [-0.3, -0.25) is 9.59 Å². The lowest BCUT2D eigenvalue weighted by molar-refractivity contribution is -0.139. The second kappa shape index (κ2) is 9.00. The molecule has 4 aromatic rings. The van der Waals surface area contributed by atoms with Crippen molar-refractivity contribution in [2.24, 2.45) is 0 Å². The average Bonchev–Trinajstić information content (AvgIpc) is 3.23. The SMILES string of the molecule is CNc1cc2cnn(-c3ccc(C(=O)NC(C(=O)O)c4ccc(Cl)s4)cc3)c(=O)c2cc1F. The van der Waals surface area contributed by atoms with Crippen LogP contribution in [0.5, 0.6) is 0 Å². The van der Waals surface area contributed by atoms with Gasteiger partial charge in [0.15, 0.2) is 6.04 Å². The van der Waals surface area contributed by atoms with Gasteiger partial charge in [-0.05, 0) is 48.5 Å². The van der Waals surface area contributed by atoms with Gasteiger partial charge in [-0.25, -0.2) is 9.18 Å². The van der Waals surface area contributed by atoms with Crippen LogP contribution in [0.1, 0.15) is 21.3 Å². The number of hydrogen-bond acceptors (Lipinski definition) is 6. The van der Waals surface area contributed by atoms with Crippen LogP contribution in [0, 0.1) is 5.82 Å². The number of carboxylic acid groups (broad SMARTS) is 1. The summed E-state index contributed by atoms with van der Waals surface area (Å²) in [4.78, 5) is 37.4. The Morgan fingerprint density at radius 2 is 1.91 bits per heavy atom. The Balaban J connectivity index is 1.61. The minimum atomic E-state index is -1.25. The fourth-order valence-corrected chi connectivity index (χ4v) is 4.36. The van der Waals surface area contributed by atoms with Crippen molar-refractivity contribution in [1.82, 2.24) is 15.1 Å². The molecule has 0 aliphatic rings. The quantitative estimate of drug-likeness (QED) is 0.381. The molecular formula is C22H16ClFN4O4S. The molecule has 2 heterocycles. The van der Waals surface area contributed by atoms with Gasteiger partial charge in [0.05, 0.1) is 27.3 Å². The minimum absolute atomic E-state index is 0.155. The lowest BCUT2D eigenvalue weighted by Gasteiger charge is -2.13. The van der Waals surface area contributed by atoms with E-state index >= 15 is 0 Å². The highest BCUT2D eigenvalue weighted by Gasteiger charge is 2.24. The maximum Gasteiger partial charge on any atom is 0.331 e. The summed E-state index contributed by atoms with van der Waals surface area (Å²) in [6.07, 6.45) is 1.45.